The minimum Gasteiger partial charge on any atom is -0.340 e. The molecule has 0 saturated carbocycles. The van der Waals surface area contributed by atoms with E-state index in [0.29, 0.717) is 0 Å². The fourth-order valence-corrected chi connectivity index (χ4v) is 13.8. The van der Waals surface area contributed by atoms with Gasteiger partial charge >= 0.3 is 0 Å². The number of benzene rings is 9. The number of fused-ring (bicyclic) bond motifs is 9. The standard InChI is InChI=1S/C86H92N4/c1-5-9-12-15-18-25-58-87-81-30-23-21-28-75(81)77-62-69(45-55-83(77)87)35-32-66-38-48-72(49-39-66)90(73-50-40-67(41-51-73)33-36-70-46-56-84-78(63-70)76-29-22-24-31-82(76)88(84)59-26-19-16-13-10-6-2)74-52-42-68(43-53-74)34-37-71-47-57-86-80(64-71)79-61-65(8-4)44-54-85(79)89(86)60-27-20-17-14-11-7-3/h8,21-24,28-57,61-64H,4-7,9-20,25-27,58-60H2,1-3H3/b35-32+,36-33+,37-34+. The Hall–Kier alpha value is -8.86. The Morgan fingerprint density at radius 1 is 0.267 bits per heavy atom. The van der Waals surface area contributed by atoms with Crippen LogP contribution in [0.2, 0.25) is 0 Å². The predicted octanol–water partition coefficient (Wildman–Crippen LogP) is 25.7. The molecule has 0 aliphatic heterocycles. The molecule has 12 aromatic rings. The predicted molar refractivity (Wildman–Crippen MR) is 396 cm³/mol. The van der Waals surface area contributed by atoms with Crippen LogP contribution in [0.3, 0.4) is 0 Å². The minimum absolute atomic E-state index is 1.04. The second kappa shape index (κ2) is 30.1. The van der Waals surface area contributed by atoms with Crippen LogP contribution in [0.4, 0.5) is 17.1 Å². The van der Waals surface area contributed by atoms with Crippen LogP contribution < -0.4 is 4.90 Å². The number of aryl methyl sites for hydroxylation is 3. The first-order valence-electron chi connectivity index (χ1n) is 34.3. The first-order valence-corrected chi connectivity index (χ1v) is 34.3. The van der Waals surface area contributed by atoms with Gasteiger partial charge in [0.2, 0.25) is 0 Å². The number of hydrogen-bond donors (Lipinski definition) is 0. The number of para-hydroxylation sites is 2. The Bertz CT molecular complexity index is 4250. The Morgan fingerprint density at radius 3 is 0.856 bits per heavy atom. The highest BCUT2D eigenvalue weighted by atomic mass is 15.1. The van der Waals surface area contributed by atoms with E-state index in [-0.39, 0.29) is 0 Å². The number of nitrogens with zero attached hydrogens (tertiary/aromatic N) is 4. The largest absolute Gasteiger partial charge is 0.340 e. The molecule has 0 atom stereocenters. The van der Waals surface area contributed by atoms with Gasteiger partial charge in [-0.05, 0) is 155 Å². The molecule has 0 radical (unpaired) electrons. The molecule has 0 bridgehead atoms. The van der Waals surface area contributed by atoms with E-state index >= 15 is 0 Å². The number of hydrogen-bond acceptors (Lipinski definition) is 1. The van der Waals surface area contributed by atoms with Crippen LogP contribution in [-0.4, -0.2) is 13.7 Å². The minimum atomic E-state index is 1.04. The molecule has 4 nitrogen and oxygen atoms in total. The Labute approximate surface area is 536 Å². The summed E-state index contributed by atoms with van der Waals surface area (Å²) in [4.78, 5) is 2.38. The quantitative estimate of drug-likeness (QED) is 0.0313. The van der Waals surface area contributed by atoms with Gasteiger partial charge in [0.25, 0.3) is 0 Å². The molecule has 9 aromatic carbocycles. The summed E-state index contributed by atoms with van der Waals surface area (Å²) in [5.41, 5.74) is 19.5. The topological polar surface area (TPSA) is 18.0 Å². The molecule has 12 rings (SSSR count). The molecule has 0 amide bonds. The van der Waals surface area contributed by atoms with Crippen molar-refractivity contribution in [1.82, 2.24) is 13.7 Å². The average molecular weight is 1180 g/mol. The zero-order valence-corrected chi connectivity index (χ0v) is 53.9. The molecule has 0 aliphatic carbocycles. The highest BCUT2D eigenvalue weighted by Gasteiger charge is 2.16. The number of rotatable bonds is 31. The van der Waals surface area contributed by atoms with Gasteiger partial charge in [0, 0.05) is 102 Å². The molecular formula is C86H92N4. The maximum atomic E-state index is 4.10. The van der Waals surface area contributed by atoms with Gasteiger partial charge in [-0.25, -0.2) is 0 Å². The summed E-state index contributed by atoms with van der Waals surface area (Å²) < 4.78 is 7.64. The summed E-state index contributed by atoms with van der Waals surface area (Å²) >= 11 is 0. The van der Waals surface area contributed by atoms with Gasteiger partial charge in [0.1, 0.15) is 0 Å². The molecule has 0 N–H and O–H groups in total. The maximum Gasteiger partial charge on any atom is 0.0491 e. The van der Waals surface area contributed by atoms with Crippen LogP contribution in [0.25, 0.3) is 108 Å². The Balaban J connectivity index is 0.801. The van der Waals surface area contributed by atoms with E-state index in [1.54, 1.807) is 0 Å². The van der Waals surface area contributed by atoms with Crippen LogP contribution in [0.5, 0.6) is 0 Å². The number of aromatic nitrogens is 3. The van der Waals surface area contributed by atoms with Crippen LogP contribution in [0, 0.1) is 0 Å². The first-order chi connectivity index (χ1) is 44.5. The highest BCUT2D eigenvalue weighted by molar-refractivity contribution is 6.11. The summed E-state index contributed by atoms with van der Waals surface area (Å²) in [5, 5.41) is 7.93. The van der Waals surface area contributed by atoms with E-state index in [1.165, 1.54) is 198 Å². The zero-order valence-electron chi connectivity index (χ0n) is 53.9. The van der Waals surface area contributed by atoms with Crippen molar-refractivity contribution >= 4 is 125 Å². The summed E-state index contributed by atoms with van der Waals surface area (Å²) in [6, 6.07) is 72.8. The molecule has 0 saturated heterocycles. The van der Waals surface area contributed by atoms with Gasteiger partial charge in [0.15, 0.2) is 0 Å². The molecule has 0 aliphatic rings. The summed E-state index contributed by atoms with van der Waals surface area (Å²) in [6.07, 6.45) is 38.8. The van der Waals surface area contributed by atoms with Crippen molar-refractivity contribution in [2.45, 2.75) is 156 Å². The van der Waals surface area contributed by atoms with E-state index in [4.69, 9.17) is 0 Å². The molecule has 3 heterocycles. The second-order valence-corrected chi connectivity index (χ2v) is 25.2. The lowest BCUT2D eigenvalue weighted by molar-refractivity contribution is 0.571. The van der Waals surface area contributed by atoms with E-state index in [1.807, 2.05) is 6.08 Å². The molecule has 0 fully saturated rings. The van der Waals surface area contributed by atoms with Crippen LogP contribution >= 0.6 is 0 Å². The van der Waals surface area contributed by atoms with Crippen molar-refractivity contribution in [3.63, 3.8) is 0 Å². The second-order valence-electron chi connectivity index (χ2n) is 25.2. The molecular weight excluding hydrogens is 1090 g/mol. The summed E-state index contributed by atoms with van der Waals surface area (Å²) in [7, 11) is 0. The normalized spacial score (nSPS) is 12.1. The molecule has 90 heavy (non-hydrogen) atoms. The molecule has 456 valence electrons. The van der Waals surface area contributed by atoms with Crippen LogP contribution in [0.15, 0.2) is 201 Å². The van der Waals surface area contributed by atoms with E-state index in [2.05, 4.69) is 277 Å². The lowest BCUT2D eigenvalue weighted by Gasteiger charge is -2.26. The van der Waals surface area contributed by atoms with Crippen LogP contribution in [0.1, 0.15) is 175 Å². The average Bonchev–Trinajstić information content (AvgIpc) is 1.66. The summed E-state index contributed by atoms with van der Waals surface area (Å²) in [6.45, 7) is 14.1. The van der Waals surface area contributed by atoms with Crippen molar-refractivity contribution in [2.75, 3.05) is 4.90 Å². The molecule has 0 unspecified atom stereocenters. The number of anilines is 3. The molecule has 0 spiro atoms. The SMILES string of the molecule is C=Cc1ccc2c(c1)c1cc(/C=C/c3ccc(N(c4ccc(/C=C/c5ccc6c(c5)c5ccccc5n6CCCCCCCC)cc4)c4ccc(/C=C/c5ccc6c(c5)c5ccccc5n6CCCCCCCC)cc4)cc3)ccc1n2CCCCCCCC. The fourth-order valence-electron chi connectivity index (χ4n) is 13.8. The monoisotopic (exact) mass is 1180 g/mol. The summed E-state index contributed by atoms with van der Waals surface area (Å²) in [5.74, 6) is 0. The lowest BCUT2D eigenvalue weighted by atomic mass is 10.1. The lowest BCUT2D eigenvalue weighted by Crippen LogP contribution is -2.09. The third-order valence-electron chi connectivity index (χ3n) is 18.8. The molecule has 4 heteroatoms. The third kappa shape index (κ3) is 14.3. The first kappa shape index (κ1) is 61.4. The fraction of sp³-hybridized carbons (Fsp3) is 0.279. The van der Waals surface area contributed by atoms with Gasteiger partial charge in [0.05, 0.1) is 0 Å². The van der Waals surface area contributed by atoms with E-state index in [0.717, 1.165) is 59.0 Å². The highest BCUT2D eigenvalue weighted by Crippen LogP contribution is 2.38. The Kier molecular flexibility index (Phi) is 20.5. The van der Waals surface area contributed by atoms with Gasteiger partial charge < -0.3 is 18.6 Å². The van der Waals surface area contributed by atoms with Crippen molar-refractivity contribution in [1.29, 1.82) is 0 Å². The van der Waals surface area contributed by atoms with Gasteiger partial charge in [-0.3, -0.25) is 0 Å². The van der Waals surface area contributed by atoms with Crippen molar-refractivity contribution in [2.24, 2.45) is 0 Å². The van der Waals surface area contributed by atoms with Crippen molar-refractivity contribution in [3.8, 4) is 0 Å². The van der Waals surface area contributed by atoms with Gasteiger partial charge in [-0.2, -0.15) is 0 Å². The third-order valence-corrected chi connectivity index (χ3v) is 18.8. The van der Waals surface area contributed by atoms with Crippen molar-refractivity contribution < 1.29 is 0 Å². The zero-order chi connectivity index (χ0) is 61.4. The van der Waals surface area contributed by atoms with E-state index < -0.39 is 0 Å². The number of unbranched alkanes of at least 4 members (excludes halogenated alkanes) is 15. The van der Waals surface area contributed by atoms with Crippen molar-refractivity contribution in [3.05, 3.63) is 240 Å². The van der Waals surface area contributed by atoms with Gasteiger partial charge in [-0.1, -0.05) is 263 Å². The van der Waals surface area contributed by atoms with E-state index in [9.17, 15) is 0 Å². The Morgan fingerprint density at radius 2 is 0.522 bits per heavy atom. The molecule has 3 aromatic heterocycles. The van der Waals surface area contributed by atoms with Gasteiger partial charge in [-0.15, -0.1) is 0 Å². The smallest absolute Gasteiger partial charge is 0.0491 e. The van der Waals surface area contributed by atoms with Crippen LogP contribution in [-0.2, 0) is 19.6 Å². The maximum absolute atomic E-state index is 4.10.